The molecule has 1 aromatic rings. The molecule has 1 atom stereocenters. The van der Waals surface area contributed by atoms with Crippen molar-refractivity contribution in [3.63, 3.8) is 0 Å². The molecular formula is C14H20NNaO4S3. The van der Waals surface area contributed by atoms with Gasteiger partial charge in [0.15, 0.2) is 0 Å². The summed E-state index contributed by atoms with van der Waals surface area (Å²) in [6.45, 7) is 0. The van der Waals surface area contributed by atoms with Crippen molar-refractivity contribution in [2.45, 2.75) is 42.2 Å². The fourth-order valence-electron chi connectivity index (χ4n) is 1.89. The fraction of sp³-hybridized carbons (Fsp3) is 0.500. The van der Waals surface area contributed by atoms with E-state index in [-0.39, 0.29) is 40.4 Å². The van der Waals surface area contributed by atoms with Crippen molar-refractivity contribution in [3.8, 4) is 0 Å². The van der Waals surface area contributed by atoms with Crippen LogP contribution in [-0.4, -0.2) is 29.9 Å². The molecule has 5 nitrogen and oxygen atoms in total. The van der Waals surface area contributed by atoms with E-state index in [1.165, 1.54) is 24.3 Å². The predicted molar refractivity (Wildman–Crippen MR) is 92.7 cm³/mol. The van der Waals surface area contributed by atoms with Crippen LogP contribution in [0.1, 0.15) is 32.1 Å². The quantitative estimate of drug-likeness (QED) is 0.236. The summed E-state index contributed by atoms with van der Waals surface area (Å²) in [4.78, 5) is 11.4. The average Bonchev–Trinajstić information content (AvgIpc) is 2.43. The van der Waals surface area contributed by atoms with E-state index < -0.39 is 10.1 Å². The molecule has 0 spiro atoms. The SMILES string of the molecule is O=C(CCCCC(S)CCS)Nc1ccc(S(=O)(=O)[O-])cc1.[Na+]. The van der Waals surface area contributed by atoms with Crippen LogP contribution in [-0.2, 0) is 14.9 Å². The van der Waals surface area contributed by atoms with Gasteiger partial charge in [-0.15, -0.1) is 0 Å². The van der Waals surface area contributed by atoms with Gasteiger partial charge in [-0.3, -0.25) is 4.79 Å². The first kappa shape index (κ1) is 23.3. The molecule has 0 aliphatic heterocycles. The van der Waals surface area contributed by atoms with Crippen LogP contribution in [0, 0.1) is 0 Å². The van der Waals surface area contributed by atoms with Crippen molar-refractivity contribution >= 4 is 47.0 Å². The first-order chi connectivity index (χ1) is 10.3. The minimum absolute atomic E-state index is 0. The molecule has 1 amide bonds. The predicted octanol–water partition coefficient (Wildman–Crippen LogP) is -0.288. The zero-order valence-corrected chi connectivity index (χ0v) is 17.7. The molecule has 0 aromatic heterocycles. The van der Waals surface area contributed by atoms with Gasteiger partial charge < -0.3 is 9.87 Å². The maximum Gasteiger partial charge on any atom is 1.00 e. The summed E-state index contributed by atoms with van der Waals surface area (Å²) < 4.78 is 32.4. The number of amides is 1. The summed E-state index contributed by atoms with van der Waals surface area (Å²) in [5, 5.41) is 2.99. The summed E-state index contributed by atoms with van der Waals surface area (Å²) in [6, 6.07) is 5.17. The zero-order valence-electron chi connectivity index (χ0n) is 13.1. The second-order valence-electron chi connectivity index (χ2n) is 4.94. The molecule has 1 unspecified atom stereocenters. The number of hydrogen-bond donors (Lipinski definition) is 3. The molecule has 124 valence electrons. The second kappa shape index (κ2) is 11.8. The van der Waals surface area contributed by atoms with Crippen LogP contribution in [0.3, 0.4) is 0 Å². The van der Waals surface area contributed by atoms with Gasteiger partial charge in [-0.2, -0.15) is 25.3 Å². The number of rotatable bonds is 9. The average molecular weight is 386 g/mol. The maximum atomic E-state index is 11.7. The van der Waals surface area contributed by atoms with Crippen LogP contribution in [0.5, 0.6) is 0 Å². The molecule has 0 heterocycles. The van der Waals surface area contributed by atoms with Crippen molar-refractivity contribution in [1.29, 1.82) is 0 Å². The van der Waals surface area contributed by atoms with Gasteiger partial charge in [-0.25, -0.2) is 8.42 Å². The van der Waals surface area contributed by atoms with E-state index in [2.05, 4.69) is 30.6 Å². The molecule has 0 bridgehead atoms. The molecule has 0 radical (unpaired) electrons. The number of unbranched alkanes of at least 4 members (excludes halogenated alkanes) is 1. The van der Waals surface area contributed by atoms with Gasteiger partial charge in [0.25, 0.3) is 0 Å². The number of carbonyl (C=O) groups is 1. The molecule has 0 saturated heterocycles. The van der Waals surface area contributed by atoms with Crippen LogP contribution in [0.15, 0.2) is 29.2 Å². The van der Waals surface area contributed by atoms with Crippen LogP contribution < -0.4 is 34.9 Å². The standard InChI is InChI=1S/C14H21NO4S3.Na/c16-14(4-2-1-3-12(21)9-10-20)15-11-5-7-13(8-6-11)22(17,18)19;/h5-8,12,20-21H,1-4,9-10H2,(H,15,16)(H,17,18,19);/q;+1/p-1. The molecule has 0 fully saturated rings. The minimum Gasteiger partial charge on any atom is -0.744 e. The van der Waals surface area contributed by atoms with Crippen molar-refractivity contribution in [3.05, 3.63) is 24.3 Å². The Bertz CT molecular complexity index is 578. The van der Waals surface area contributed by atoms with Crippen LogP contribution >= 0.6 is 25.3 Å². The maximum absolute atomic E-state index is 11.7. The summed E-state index contributed by atoms with van der Waals surface area (Å²) in [7, 11) is -4.45. The summed E-state index contributed by atoms with van der Waals surface area (Å²) in [5.74, 6) is 0.673. The first-order valence-electron chi connectivity index (χ1n) is 6.97. The molecule has 1 aromatic carbocycles. The number of thiol groups is 2. The Balaban J connectivity index is 0.00000484. The van der Waals surface area contributed by atoms with E-state index in [0.29, 0.717) is 17.4 Å². The number of nitrogens with one attached hydrogen (secondary N) is 1. The Morgan fingerprint density at radius 2 is 1.78 bits per heavy atom. The van der Waals surface area contributed by atoms with Gasteiger partial charge in [0, 0.05) is 17.4 Å². The Hall–Kier alpha value is 0.300. The summed E-state index contributed by atoms with van der Waals surface area (Å²) in [6.07, 6.45) is 3.98. The van der Waals surface area contributed by atoms with E-state index in [1.54, 1.807) is 0 Å². The number of benzene rings is 1. The van der Waals surface area contributed by atoms with Gasteiger partial charge >= 0.3 is 29.6 Å². The number of carbonyl (C=O) groups excluding carboxylic acids is 1. The third-order valence-electron chi connectivity index (χ3n) is 3.08. The van der Waals surface area contributed by atoms with Crippen molar-refractivity contribution in [2.24, 2.45) is 0 Å². The second-order valence-corrected chi connectivity index (χ2v) is 7.50. The smallest absolute Gasteiger partial charge is 0.744 e. The third kappa shape index (κ3) is 10.0. The topological polar surface area (TPSA) is 86.3 Å². The van der Waals surface area contributed by atoms with E-state index in [0.717, 1.165) is 31.4 Å². The molecule has 1 rings (SSSR count). The summed E-state index contributed by atoms with van der Waals surface area (Å²) >= 11 is 8.57. The zero-order chi connectivity index (χ0) is 16.6. The van der Waals surface area contributed by atoms with Gasteiger partial charge in [0.05, 0.1) is 4.90 Å². The van der Waals surface area contributed by atoms with Crippen LogP contribution in [0.2, 0.25) is 0 Å². The normalized spacial score (nSPS) is 12.3. The van der Waals surface area contributed by atoms with Crippen LogP contribution in [0.4, 0.5) is 5.69 Å². The summed E-state index contributed by atoms with van der Waals surface area (Å²) in [5.41, 5.74) is 0.472. The van der Waals surface area contributed by atoms with Gasteiger partial charge in [0.1, 0.15) is 10.1 Å². The Morgan fingerprint density at radius 1 is 1.17 bits per heavy atom. The number of anilines is 1. The van der Waals surface area contributed by atoms with Gasteiger partial charge in [-0.05, 0) is 49.3 Å². The van der Waals surface area contributed by atoms with E-state index >= 15 is 0 Å². The van der Waals surface area contributed by atoms with Crippen molar-refractivity contribution < 1.29 is 47.3 Å². The van der Waals surface area contributed by atoms with Crippen molar-refractivity contribution in [2.75, 3.05) is 11.1 Å². The van der Waals surface area contributed by atoms with E-state index in [1.807, 2.05) is 0 Å². The van der Waals surface area contributed by atoms with Gasteiger partial charge in [-0.1, -0.05) is 6.42 Å². The monoisotopic (exact) mass is 385 g/mol. The van der Waals surface area contributed by atoms with E-state index in [9.17, 15) is 17.8 Å². The molecule has 0 aliphatic rings. The van der Waals surface area contributed by atoms with E-state index in [4.69, 9.17) is 0 Å². The third-order valence-corrected chi connectivity index (χ3v) is 4.70. The molecule has 23 heavy (non-hydrogen) atoms. The van der Waals surface area contributed by atoms with Crippen molar-refractivity contribution in [1.82, 2.24) is 0 Å². The Kier molecular flexibility index (Phi) is 11.9. The number of hydrogen-bond acceptors (Lipinski definition) is 6. The molecule has 9 heteroatoms. The van der Waals surface area contributed by atoms with Gasteiger partial charge in [0.2, 0.25) is 5.91 Å². The molecule has 0 aliphatic carbocycles. The Morgan fingerprint density at radius 3 is 2.30 bits per heavy atom. The molecular weight excluding hydrogens is 365 g/mol. The largest absolute Gasteiger partial charge is 1.00 e. The Labute approximate surface area is 170 Å². The molecule has 1 N–H and O–H groups in total. The fourth-order valence-corrected chi connectivity index (χ4v) is 3.18. The van der Waals surface area contributed by atoms with Crippen LogP contribution in [0.25, 0.3) is 0 Å². The molecule has 0 saturated carbocycles. The minimum atomic E-state index is -4.45. The first-order valence-corrected chi connectivity index (χ1v) is 9.53.